The third kappa shape index (κ3) is 6.01. The fourth-order valence-electron chi connectivity index (χ4n) is 4.01. The van der Waals surface area contributed by atoms with Crippen LogP contribution in [0, 0.1) is 23.3 Å². The molecule has 0 saturated carbocycles. The number of ether oxygens (including phenoxy) is 1. The van der Waals surface area contributed by atoms with Gasteiger partial charge in [-0.15, -0.1) is 0 Å². The normalized spacial score (nSPS) is 15.3. The molecule has 0 bridgehead atoms. The third-order valence-corrected chi connectivity index (χ3v) is 6.24. The minimum absolute atomic E-state index is 0.159. The van der Waals surface area contributed by atoms with Gasteiger partial charge in [0, 0.05) is 43.3 Å². The van der Waals surface area contributed by atoms with Gasteiger partial charge in [0.15, 0.2) is 0 Å². The summed E-state index contributed by atoms with van der Waals surface area (Å²) in [5.41, 5.74) is 0.0575. The molecule has 184 valence electrons. The molecule has 0 aromatic heterocycles. The number of nitrogens with zero attached hydrogens (tertiary/aromatic N) is 2. The second-order valence-electron chi connectivity index (χ2n) is 8.24. The number of amides is 1. The highest BCUT2D eigenvalue weighted by Gasteiger charge is 2.28. The van der Waals surface area contributed by atoms with E-state index in [9.17, 15) is 22.4 Å². The molecule has 1 amide bonds. The second-order valence-corrected chi connectivity index (χ2v) is 8.68. The molecule has 9 heteroatoms. The van der Waals surface area contributed by atoms with E-state index in [-0.39, 0.29) is 25.3 Å². The summed E-state index contributed by atoms with van der Waals surface area (Å²) in [5, 5.41) is 0.542. The average Bonchev–Trinajstić information content (AvgIpc) is 2.84. The van der Waals surface area contributed by atoms with Crippen molar-refractivity contribution in [2.75, 3.05) is 32.7 Å². The Morgan fingerprint density at radius 1 is 0.829 bits per heavy atom. The van der Waals surface area contributed by atoms with Gasteiger partial charge in [-0.25, -0.2) is 17.6 Å². The Labute approximate surface area is 205 Å². The maximum atomic E-state index is 14.1. The maximum absolute atomic E-state index is 14.1. The average molecular weight is 507 g/mol. The quantitative estimate of drug-likeness (QED) is 0.390. The van der Waals surface area contributed by atoms with E-state index in [1.54, 1.807) is 24.3 Å². The first kappa shape index (κ1) is 25.2. The summed E-state index contributed by atoms with van der Waals surface area (Å²) in [7, 11) is 0. The van der Waals surface area contributed by atoms with Crippen molar-refractivity contribution in [1.29, 1.82) is 0 Å². The van der Waals surface area contributed by atoms with E-state index in [4.69, 9.17) is 16.3 Å². The Morgan fingerprint density at radius 2 is 1.37 bits per heavy atom. The SMILES string of the molecule is O=C(c1c(F)cccc1F)N1CCN(C[C@@H](OCc2c(F)cccc2F)c2ccc(Cl)cc2)CC1. The van der Waals surface area contributed by atoms with Crippen LogP contribution in [0.15, 0.2) is 60.7 Å². The molecule has 0 N–H and O–H groups in total. The van der Waals surface area contributed by atoms with Crippen molar-refractivity contribution in [3.05, 3.63) is 106 Å². The van der Waals surface area contributed by atoms with Crippen LogP contribution in [0.4, 0.5) is 17.6 Å². The Morgan fingerprint density at radius 3 is 1.94 bits per heavy atom. The van der Waals surface area contributed by atoms with Gasteiger partial charge in [0.1, 0.15) is 28.8 Å². The molecule has 0 aliphatic carbocycles. The Bertz CT molecular complexity index is 1140. The van der Waals surface area contributed by atoms with Gasteiger partial charge >= 0.3 is 0 Å². The van der Waals surface area contributed by atoms with E-state index >= 15 is 0 Å². The lowest BCUT2D eigenvalue weighted by Gasteiger charge is -2.36. The van der Waals surface area contributed by atoms with Crippen molar-refractivity contribution in [2.45, 2.75) is 12.7 Å². The molecular weight excluding hydrogens is 484 g/mol. The highest BCUT2D eigenvalue weighted by atomic mass is 35.5. The zero-order valence-electron chi connectivity index (χ0n) is 18.7. The van der Waals surface area contributed by atoms with Crippen molar-refractivity contribution in [1.82, 2.24) is 9.80 Å². The number of carbonyl (C=O) groups excluding carboxylic acids is 1. The van der Waals surface area contributed by atoms with Gasteiger partial charge in [-0.2, -0.15) is 0 Å². The summed E-state index contributed by atoms with van der Waals surface area (Å²) >= 11 is 6.00. The molecule has 35 heavy (non-hydrogen) atoms. The number of halogens is 5. The molecule has 0 unspecified atom stereocenters. The molecule has 1 aliphatic rings. The van der Waals surface area contributed by atoms with Crippen LogP contribution in [0.5, 0.6) is 0 Å². The van der Waals surface area contributed by atoms with Crippen molar-refractivity contribution in [2.24, 2.45) is 0 Å². The van der Waals surface area contributed by atoms with Crippen LogP contribution < -0.4 is 0 Å². The predicted molar refractivity (Wildman–Crippen MR) is 124 cm³/mol. The third-order valence-electron chi connectivity index (χ3n) is 5.99. The van der Waals surface area contributed by atoms with E-state index < -0.39 is 40.8 Å². The topological polar surface area (TPSA) is 32.8 Å². The summed E-state index contributed by atoms with van der Waals surface area (Å²) < 4.78 is 62.2. The largest absolute Gasteiger partial charge is 0.367 e. The molecule has 0 radical (unpaired) electrons. The van der Waals surface area contributed by atoms with Crippen LogP contribution in [0.25, 0.3) is 0 Å². The van der Waals surface area contributed by atoms with Gasteiger partial charge in [-0.3, -0.25) is 9.69 Å². The maximum Gasteiger partial charge on any atom is 0.259 e. The summed E-state index contributed by atoms with van der Waals surface area (Å²) in [6.07, 6.45) is -0.530. The van der Waals surface area contributed by atoms with E-state index in [1.165, 1.54) is 29.2 Å². The first-order chi connectivity index (χ1) is 16.8. The fraction of sp³-hybridized carbons (Fsp3) is 0.269. The Balaban J connectivity index is 1.43. The Hall–Kier alpha value is -2.94. The molecule has 1 heterocycles. The van der Waals surface area contributed by atoms with Gasteiger partial charge < -0.3 is 9.64 Å². The summed E-state index contributed by atoms with van der Waals surface area (Å²) in [5.74, 6) is -3.86. The number of piperazine rings is 1. The van der Waals surface area contributed by atoms with Crippen molar-refractivity contribution in [3.8, 4) is 0 Å². The van der Waals surface area contributed by atoms with Crippen LogP contribution in [0.3, 0.4) is 0 Å². The van der Waals surface area contributed by atoms with E-state index in [1.807, 2.05) is 4.90 Å². The minimum Gasteiger partial charge on any atom is -0.367 e. The van der Waals surface area contributed by atoms with E-state index in [0.717, 1.165) is 17.7 Å². The summed E-state index contributed by atoms with van der Waals surface area (Å²) in [4.78, 5) is 16.1. The molecule has 3 aromatic carbocycles. The molecule has 1 saturated heterocycles. The van der Waals surface area contributed by atoms with Crippen LogP contribution >= 0.6 is 11.6 Å². The molecular formula is C26H23ClF4N2O2. The van der Waals surface area contributed by atoms with Gasteiger partial charge in [0.25, 0.3) is 5.91 Å². The number of carbonyl (C=O) groups is 1. The highest BCUT2D eigenvalue weighted by molar-refractivity contribution is 6.30. The molecule has 4 nitrogen and oxygen atoms in total. The van der Waals surface area contributed by atoms with Crippen LogP contribution in [0.1, 0.15) is 27.6 Å². The number of benzene rings is 3. The number of rotatable bonds is 7. The number of hydrogen-bond donors (Lipinski definition) is 0. The smallest absolute Gasteiger partial charge is 0.259 e. The molecule has 4 rings (SSSR count). The lowest BCUT2D eigenvalue weighted by molar-refractivity contribution is 0.00136. The van der Waals surface area contributed by atoms with Crippen molar-refractivity contribution >= 4 is 17.5 Å². The van der Waals surface area contributed by atoms with Crippen LogP contribution in [-0.4, -0.2) is 48.4 Å². The van der Waals surface area contributed by atoms with Crippen molar-refractivity contribution < 1.29 is 27.1 Å². The predicted octanol–water partition coefficient (Wildman–Crippen LogP) is 5.61. The van der Waals surface area contributed by atoms with Crippen LogP contribution in [0.2, 0.25) is 5.02 Å². The Kier molecular flexibility index (Phi) is 8.05. The lowest BCUT2D eigenvalue weighted by atomic mass is 10.1. The standard InChI is InChI=1S/C26H23ClF4N2O2/c27-18-9-7-17(8-10-18)24(35-16-19-20(28)3-1-4-21(19)29)15-32-11-13-33(14-12-32)26(34)25-22(30)5-2-6-23(25)31/h1-10,24H,11-16H2/t24-/m1/s1. The van der Waals surface area contributed by atoms with Gasteiger partial charge in [-0.1, -0.05) is 35.9 Å². The van der Waals surface area contributed by atoms with Gasteiger partial charge in [0.2, 0.25) is 0 Å². The van der Waals surface area contributed by atoms with Gasteiger partial charge in [-0.05, 0) is 42.0 Å². The lowest BCUT2D eigenvalue weighted by Crippen LogP contribution is -2.50. The van der Waals surface area contributed by atoms with Gasteiger partial charge in [0.05, 0.1) is 12.7 Å². The minimum atomic E-state index is -0.894. The summed E-state index contributed by atoms with van der Waals surface area (Å²) in [6.45, 7) is 1.51. The van der Waals surface area contributed by atoms with E-state index in [0.29, 0.717) is 24.7 Å². The monoisotopic (exact) mass is 506 g/mol. The first-order valence-corrected chi connectivity index (χ1v) is 11.5. The van der Waals surface area contributed by atoms with Crippen molar-refractivity contribution in [3.63, 3.8) is 0 Å². The second kappa shape index (κ2) is 11.2. The fourth-order valence-corrected chi connectivity index (χ4v) is 4.14. The zero-order valence-corrected chi connectivity index (χ0v) is 19.5. The number of hydrogen-bond acceptors (Lipinski definition) is 3. The zero-order chi connectivity index (χ0) is 24.9. The highest BCUT2D eigenvalue weighted by Crippen LogP contribution is 2.25. The molecule has 1 aliphatic heterocycles. The molecule has 1 atom stereocenters. The molecule has 1 fully saturated rings. The summed E-state index contributed by atoms with van der Waals surface area (Å²) in [6, 6.07) is 13.9. The molecule has 0 spiro atoms. The first-order valence-electron chi connectivity index (χ1n) is 11.1. The molecule has 3 aromatic rings. The van der Waals surface area contributed by atoms with E-state index in [2.05, 4.69) is 0 Å². The van der Waals surface area contributed by atoms with Crippen LogP contribution in [-0.2, 0) is 11.3 Å².